The number of hydrogen-bond donors (Lipinski definition) is 1. The molecule has 0 radical (unpaired) electrons. The van der Waals surface area contributed by atoms with E-state index in [0.717, 1.165) is 42.6 Å². The zero-order valence-electron chi connectivity index (χ0n) is 16.4. The zero-order valence-corrected chi connectivity index (χ0v) is 16.4. The second-order valence-electron chi connectivity index (χ2n) is 7.41. The molecule has 4 nitrogen and oxygen atoms in total. The lowest BCUT2D eigenvalue weighted by Crippen LogP contribution is -2.43. The Balaban J connectivity index is 1.78. The van der Waals surface area contributed by atoms with Crippen molar-refractivity contribution in [2.24, 2.45) is 0 Å². The summed E-state index contributed by atoms with van der Waals surface area (Å²) in [5.41, 5.74) is 4.07. The van der Waals surface area contributed by atoms with Crippen LogP contribution in [0, 0.1) is 13.8 Å². The van der Waals surface area contributed by atoms with Crippen LogP contribution in [0.15, 0.2) is 42.5 Å². The van der Waals surface area contributed by atoms with E-state index in [2.05, 4.69) is 12.2 Å². The molecule has 1 N–H and O–H groups in total. The number of amides is 2. The number of nitrogens with one attached hydrogen (secondary N) is 1. The standard InChI is InChI=1S/C23H28N2O2/c1-4-20-10-5-6-13-25(20)23(27)19-9-7-8-18(15-19)22(26)24-21-12-11-16(2)14-17(21)3/h7-9,11-12,14-15,20H,4-6,10,13H2,1-3H3,(H,24,26). The van der Waals surface area contributed by atoms with E-state index >= 15 is 0 Å². The molecular formula is C23H28N2O2. The Morgan fingerprint density at radius 2 is 1.85 bits per heavy atom. The van der Waals surface area contributed by atoms with Crippen LogP contribution in [0.25, 0.3) is 0 Å². The van der Waals surface area contributed by atoms with Gasteiger partial charge in [0, 0.05) is 29.4 Å². The molecule has 142 valence electrons. The van der Waals surface area contributed by atoms with Crippen LogP contribution in [0.5, 0.6) is 0 Å². The van der Waals surface area contributed by atoms with Crippen molar-refractivity contribution in [3.63, 3.8) is 0 Å². The molecule has 0 saturated carbocycles. The van der Waals surface area contributed by atoms with Gasteiger partial charge in [-0.25, -0.2) is 0 Å². The molecule has 2 aromatic rings. The number of anilines is 1. The van der Waals surface area contributed by atoms with Crippen molar-refractivity contribution in [3.8, 4) is 0 Å². The molecule has 1 aliphatic rings. The Bertz CT molecular complexity index is 844. The van der Waals surface area contributed by atoms with E-state index in [1.807, 2.05) is 36.9 Å². The summed E-state index contributed by atoms with van der Waals surface area (Å²) >= 11 is 0. The lowest BCUT2D eigenvalue weighted by Gasteiger charge is -2.35. The minimum Gasteiger partial charge on any atom is -0.336 e. The Hall–Kier alpha value is -2.62. The molecule has 1 heterocycles. The average molecular weight is 364 g/mol. The van der Waals surface area contributed by atoms with E-state index in [0.29, 0.717) is 17.2 Å². The molecule has 0 bridgehead atoms. The maximum atomic E-state index is 13.0. The van der Waals surface area contributed by atoms with Crippen molar-refractivity contribution < 1.29 is 9.59 Å². The number of benzene rings is 2. The monoisotopic (exact) mass is 364 g/mol. The number of carbonyl (C=O) groups is 2. The van der Waals surface area contributed by atoms with Crippen molar-refractivity contribution in [2.75, 3.05) is 11.9 Å². The van der Waals surface area contributed by atoms with Crippen molar-refractivity contribution in [1.29, 1.82) is 0 Å². The predicted molar refractivity (Wildman–Crippen MR) is 109 cm³/mol. The number of rotatable bonds is 4. The van der Waals surface area contributed by atoms with E-state index in [9.17, 15) is 9.59 Å². The number of carbonyl (C=O) groups excluding carboxylic acids is 2. The summed E-state index contributed by atoms with van der Waals surface area (Å²) < 4.78 is 0. The summed E-state index contributed by atoms with van der Waals surface area (Å²) in [6.07, 6.45) is 4.27. The van der Waals surface area contributed by atoms with Crippen molar-refractivity contribution >= 4 is 17.5 Å². The fourth-order valence-corrected chi connectivity index (χ4v) is 3.80. The summed E-state index contributed by atoms with van der Waals surface area (Å²) in [6.45, 7) is 6.93. The molecule has 4 heteroatoms. The lowest BCUT2D eigenvalue weighted by atomic mass is 9.98. The molecular weight excluding hydrogens is 336 g/mol. The van der Waals surface area contributed by atoms with E-state index in [1.54, 1.807) is 24.3 Å². The third kappa shape index (κ3) is 4.38. The second-order valence-corrected chi connectivity index (χ2v) is 7.41. The van der Waals surface area contributed by atoms with Gasteiger partial charge in [-0.3, -0.25) is 9.59 Å². The number of likely N-dealkylation sites (tertiary alicyclic amines) is 1. The van der Waals surface area contributed by atoms with Gasteiger partial charge in [-0.15, -0.1) is 0 Å². The first-order valence-electron chi connectivity index (χ1n) is 9.79. The molecule has 0 aliphatic carbocycles. The summed E-state index contributed by atoms with van der Waals surface area (Å²) in [6, 6.07) is 13.3. The summed E-state index contributed by atoms with van der Waals surface area (Å²) in [7, 11) is 0. The number of hydrogen-bond acceptors (Lipinski definition) is 2. The van der Waals surface area contributed by atoms with Gasteiger partial charge in [0.15, 0.2) is 0 Å². The fourth-order valence-electron chi connectivity index (χ4n) is 3.80. The van der Waals surface area contributed by atoms with Crippen LogP contribution in [0.1, 0.15) is 64.4 Å². The van der Waals surface area contributed by atoms with E-state index in [-0.39, 0.29) is 11.8 Å². The Kier molecular flexibility index (Phi) is 5.94. The predicted octanol–water partition coefficient (Wildman–Crippen LogP) is 4.96. The van der Waals surface area contributed by atoms with E-state index < -0.39 is 0 Å². The molecule has 0 spiro atoms. The Morgan fingerprint density at radius 1 is 1.07 bits per heavy atom. The third-order valence-corrected chi connectivity index (χ3v) is 5.36. The third-order valence-electron chi connectivity index (χ3n) is 5.36. The fraction of sp³-hybridized carbons (Fsp3) is 0.391. The number of piperidine rings is 1. The molecule has 1 atom stereocenters. The van der Waals surface area contributed by atoms with Crippen LogP contribution < -0.4 is 5.32 Å². The molecule has 1 aliphatic heterocycles. The van der Waals surface area contributed by atoms with Gasteiger partial charge in [0.2, 0.25) is 0 Å². The normalized spacial score (nSPS) is 16.9. The van der Waals surface area contributed by atoms with E-state index in [1.165, 1.54) is 6.42 Å². The van der Waals surface area contributed by atoms with Crippen LogP contribution in [0.4, 0.5) is 5.69 Å². The maximum Gasteiger partial charge on any atom is 0.255 e. The molecule has 2 aromatic carbocycles. The van der Waals surface area contributed by atoms with Crippen LogP contribution in [-0.4, -0.2) is 29.3 Å². The van der Waals surface area contributed by atoms with Crippen molar-refractivity contribution in [2.45, 2.75) is 52.5 Å². The van der Waals surface area contributed by atoms with Gasteiger partial charge in [0.05, 0.1) is 0 Å². The summed E-state index contributed by atoms with van der Waals surface area (Å²) in [4.78, 5) is 27.7. The number of nitrogens with zero attached hydrogens (tertiary/aromatic N) is 1. The average Bonchev–Trinajstić information content (AvgIpc) is 2.69. The molecule has 27 heavy (non-hydrogen) atoms. The molecule has 1 unspecified atom stereocenters. The molecule has 0 aromatic heterocycles. The quantitative estimate of drug-likeness (QED) is 0.833. The molecule has 3 rings (SSSR count). The number of aryl methyl sites for hydroxylation is 2. The zero-order chi connectivity index (χ0) is 19.4. The van der Waals surface area contributed by atoms with Gasteiger partial charge in [-0.05, 0) is 69.4 Å². The van der Waals surface area contributed by atoms with Crippen molar-refractivity contribution in [3.05, 3.63) is 64.7 Å². The van der Waals surface area contributed by atoms with Crippen LogP contribution in [-0.2, 0) is 0 Å². The van der Waals surface area contributed by atoms with Crippen LogP contribution in [0.3, 0.4) is 0 Å². The summed E-state index contributed by atoms with van der Waals surface area (Å²) in [5, 5.41) is 2.96. The Morgan fingerprint density at radius 3 is 2.59 bits per heavy atom. The highest BCUT2D eigenvalue weighted by Crippen LogP contribution is 2.23. The topological polar surface area (TPSA) is 49.4 Å². The van der Waals surface area contributed by atoms with Gasteiger partial charge in [0.1, 0.15) is 0 Å². The maximum absolute atomic E-state index is 13.0. The first-order valence-corrected chi connectivity index (χ1v) is 9.79. The van der Waals surface area contributed by atoms with Gasteiger partial charge in [0.25, 0.3) is 11.8 Å². The van der Waals surface area contributed by atoms with Crippen LogP contribution in [0.2, 0.25) is 0 Å². The van der Waals surface area contributed by atoms with Gasteiger partial charge in [-0.2, -0.15) is 0 Å². The van der Waals surface area contributed by atoms with Crippen LogP contribution >= 0.6 is 0 Å². The first-order chi connectivity index (χ1) is 13.0. The highest BCUT2D eigenvalue weighted by atomic mass is 16.2. The van der Waals surface area contributed by atoms with E-state index in [4.69, 9.17) is 0 Å². The highest BCUT2D eigenvalue weighted by molar-refractivity contribution is 6.06. The second kappa shape index (κ2) is 8.38. The highest BCUT2D eigenvalue weighted by Gasteiger charge is 2.26. The first kappa shape index (κ1) is 19.2. The van der Waals surface area contributed by atoms with Gasteiger partial charge in [-0.1, -0.05) is 30.7 Å². The van der Waals surface area contributed by atoms with Crippen molar-refractivity contribution in [1.82, 2.24) is 4.90 Å². The summed E-state index contributed by atoms with van der Waals surface area (Å²) in [5.74, 6) is -0.162. The molecule has 2 amide bonds. The smallest absolute Gasteiger partial charge is 0.255 e. The minimum absolute atomic E-state index is 0.0303. The Labute approximate surface area is 161 Å². The molecule has 1 saturated heterocycles. The SMILES string of the molecule is CCC1CCCCN1C(=O)c1cccc(C(=O)Nc2ccc(C)cc2C)c1. The minimum atomic E-state index is -0.192. The van der Waals surface area contributed by atoms with Gasteiger partial charge < -0.3 is 10.2 Å². The lowest BCUT2D eigenvalue weighted by molar-refractivity contribution is 0.0608. The van der Waals surface area contributed by atoms with Gasteiger partial charge >= 0.3 is 0 Å². The molecule has 1 fully saturated rings. The largest absolute Gasteiger partial charge is 0.336 e.